The van der Waals surface area contributed by atoms with Crippen LogP contribution in [0, 0.1) is 13.8 Å². The summed E-state index contributed by atoms with van der Waals surface area (Å²) in [7, 11) is 0. The van der Waals surface area contributed by atoms with Crippen LogP contribution >= 0.6 is 34.8 Å². The van der Waals surface area contributed by atoms with Crippen molar-refractivity contribution in [2.24, 2.45) is 0 Å². The SMILES string of the molecule is Cc1nn(-c2ccc(Cl)nn2)c(C)c1Cc1c(Cl)cccc1Cl. The van der Waals surface area contributed by atoms with Crippen molar-refractivity contribution in [1.82, 2.24) is 20.0 Å². The van der Waals surface area contributed by atoms with Gasteiger partial charge in [-0.2, -0.15) is 5.10 Å². The molecule has 0 N–H and O–H groups in total. The fourth-order valence-electron chi connectivity index (χ4n) is 2.45. The number of aryl methyl sites for hydroxylation is 1. The molecule has 0 saturated carbocycles. The first-order chi connectivity index (χ1) is 11.0. The molecule has 0 aliphatic rings. The van der Waals surface area contributed by atoms with E-state index in [9.17, 15) is 0 Å². The van der Waals surface area contributed by atoms with Crippen molar-refractivity contribution in [1.29, 1.82) is 0 Å². The molecule has 0 aliphatic heterocycles. The molecule has 3 rings (SSSR count). The van der Waals surface area contributed by atoms with Gasteiger partial charge in [0, 0.05) is 27.7 Å². The van der Waals surface area contributed by atoms with Crippen molar-refractivity contribution in [2.45, 2.75) is 20.3 Å². The summed E-state index contributed by atoms with van der Waals surface area (Å²) in [5, 5.41) is 14.1. The van der Waals surface area contributed by atoms with Crippen LogP contribution in [0.1, 0.15) is 22.5 Å². The third-order valence-corrected chi connectivity index (χ3v) is 4.60. The number of aromatic nitrogens is 4. The highest BCUT2D eigenvalue weighted by Gasteiger charge is 2.16. The van der Waals surface area contributed by atoms with Crippen molar-refractivity contribution < 1.29 is 0 Å². The van der Waals surface area contributed by atoms with E-state index in [2.05, 4.69) is 15.3 Å². The Balaban J connectivity index is 2.03. The smallest absolute Gasteiger partial charge is 0.176 e. The second kappa shape index (κ2) is 6.48. The van der Waals surface area contributed by atoms with E-state index in [0.29, 0.717) is 27.4 Å². The van der Waals surface area contributed by atoms with Gasteiger partial charge in [0.2, 0.25) is 0 Å². The lowest BCUT2D eigenvalue weighted by Crippen LogP contribution is -2.03. The van der Waals surface area contributed by atoms with Crippen molar-refractivity contribution >= 4 is 34.8 Å². The quantitative estimate of drug-likeness (QED) is 0.666. The minimum absolute atomic E-state index is 0.346. The summed E-state index contributed by atoms with van der Waals surface area (Å²) < 4.78 is 1.75. The summed E-state index contributed by atoms with van der Waals surface area (Å²) in [5.41, 5.74) is 3.82. The standard InChI is InChI=1S/C16H13Cl3N4/c1-9-11(8-12-13(17)4-3-5-14(12)18)10(2)23(22-9)16-7-6-15(19)20-21-16/h3-7H,8H2,1-2H3. The van der Waals surface area contributed by atoms with E-state index in [-0.39, 0.29) is 0 Å². The predicted molar refractivity (Wildman–Crippen MR) is 92.9 cm³/mol. The van der Waals surface area contributed by atoms with Crippen LogP contribution in [0.3, 0.4) is 0 Å². The second-order valence-electron chi connectivity index (χ2n) is 5.15. The molecule has 118 valence electrons. The monoisotopic (exact) mass is 366 g/mol. The summed E-state index contributed by atoms with van der Waals surface area (Å²) >= 11 is 18.3. The van der Waals surface area contributed by atoms with Gasteiger partial charge < -0.3 is 0 Å². The molecular weight excluding hydrogens is 355 g/mol. The zero-order valence-corrected chi connectivity index (χ0v) is 14.8. The van der Waals surface area contributed by atoms with Crippen LogP contribution in [0.15, 0.2) is 30.3 Å². The molecule has 0 aliphatic carbocycles. The summed E-state index contributed by atoms with van der Waals surface area (Å²) in [6.07, 6.45) is 0.608. The zero-order valence-electron chi connectivity index (χ0n) is 12.5. The van der Waals surface area contributed by atoms with Gasteiger partial charge in [-0.3, -0.25) is 0 Å². The second-order valence-corrected chi connectivity index (χ2v) is 6.35. The Bertz CT molecular complexity index is 836. The Morgan fingerprint density at radius 1 is 0.913 bits per heavy atom. The Morgan fingerprint density at radius 3 is 2.22 bits per heavy atom. The van der Waals surface area contributed by atoms with Gasteiger partial charge in [-0.25, -0.2) is 4.68 Å². The molecule has 0 bridgehead atoms. The highest BCUT2D eigenvalue weighted by atomic mass is 35.5. The average Bonchev–Trinajstić information content (AvgIpc) is 2.79. The fourth-order valence-corrected chi connectivity index (χ4v) is 3.09. The third kappa shape index (κ3) is 3.20. The number of rotatable bonds is 3. The van der Waals surface area contributed by atoms with Gasteiger partial charge >= 0.3 is 0 Å². The minimum atomic E-state index is 0.346. The van der Waals surface area contributed by atoms with E-state index in [1.807, 2.05) is 32.0 Å². The maximum atomic E-state index is 6.28. The number of nitrogens with zero attached hydrogens (tertiary/aromatic N) is 4. The van der Waals surface area contributed by atoms with E-state index in [4.69, 9.17) is 34.8 Å². The lowest BCUT2D eigenvalue weighted by Gasteiger charge is -2.08. The fraction of sp³-hybridized carbons (Fsp3) is 0.188. The summed E-state index contributed by atoms with van der Waals surface area (Å²) in [4.78, 5) is 0. The Kier molecular flexibility index (Phi) is 4.57. The molecule has 0 fully saturated rings. The molecule has 0 amide bonds. The Hall–Kier alpha value is -1.62. The maximum absolute atomic E-state index is 6.28. The highest BCUT2D eigenvalue weighted by molar-refractivity contribution is 6.36. The van der Waals surface area contributed by atoms with E-state index >= 15 is 0 Å². The molecule has 0 atom stereocenters. The van der Waals surface area contributed by atoms with Crippen LogP contribution in [-0.2, 0) is 6.42 Å². The van der Waals surface area contributed by atoms with Crippen molar-refractivity contribution in [3.63, 3.8) is 0 Å². The molecular formula is C16H13Cl3N4. The summed E-state index contributed by atoms with van der Waals surface area (Å²) in [6, 6.07) is 8.97. The first-order valence-electron chi connectivity index (χ1n) is 6.95. The van der Waals surface area contributed by atoms with Crippen molar-refractivity contribution in [3.05, 3.63) is 68.0 Å². The number of halogens is 3. The normalized spacial score (nSPS) is 11.0. The summed E-state index contributed by atoms with van der Waals surface area (Å²) in [5.74, 6) is 0.617. The largest absolute Gasteiger partial charge is 0.217 e. The minimum Gasteiger partial charge on any atom is -0.217 e. The Morgan fingerprint density at radius 2 is 1.61 bits per heavy atom. The van der Waals surface area contributed by atoms with E-state index in [0.717, 1.165) is 22.5 Å². The molecule has 0 radical (unpaired) electrons. The summed E-state index contributed by atoms with van der Waals surface area (Å²) in [6.45, 7) is 3.93. The molecule has 0 spiro atoms. The molecule has 3 aromatic rings. The average molecular weight is 368 g/mol. The maximum Gasteiger partial charge on any atom is 0.176 e. The van der Waals surface area contributed by atoms with Gasteiger partial charge in [-0.15, -0.1) is 10.2 Å². The van der Waals surface area contributed by atoms with Gasteiger partial charge in [0.05, 0.1) is 5.69 Å². The van der Waals surface area contributed by atoms with Crippen LogP contribution in [-0.4, -0.2) is 20.0 Å². The molecule has 2 heterocycles. The first kappa shape index (κ1) is 16.2. The molecule has 1 aromatic carbocycles. The van der Waals surface area contributed by atoms with Gasteiger partial charge in [-0.1, -0.05) is 40.9 Å². The molecule has 0 unspecified atom stereocenters. The highest BCUT2D eigenvalue weighted by Crippen LogP contribution is 2.29. The molecule has 7 heteroatoms. The zero-order chi connectivity index (χ0) is 16.6. The van der Waals surface area contributed by atoms with Crippen LogP contribution in [0.2, 0.25) is 15.2 Å². The molecule has 0 saturated heterocycles. The molecule has 23 heavy (non-hydrogen) atoms. The number of benzene rings is 1. The van der Waals surface area contributed by atoms with Gasteiger partial charge in [0.25, 0.3) is 0 Å². The van der Waals surface area contributed by atoms with Gasteiger partial charge in [0.1, 0.15) is 0 Å². The van der Waals surface area contributed by atoms with E-state index in [1.54, 1.807) is 16.8 Å². The number of hydrogen-bond donors (Lipinski definition) is 0. The molecule has 2 aromatic heterocycles. The van der Waals surface area contributed by atoms with Crippen molar-refractivity contribution in [3.8, 4) is 5.82 Å². The van der Waals surface area contributed by atoms with Crippen LogP contribution < -0.4 is 0 Å². The predicted octanol–water partition coefficient (Wildman–Crippen LogP) is 4.83. The van der Waals surface area contributed by atoms with Gasteiger partial charge in [0.15, 0.2) is 11.0 Å². The van der Waals surface area contributed by atoms with Crippen LogP contribution in [0.4, 0.5) is 0 Å². The lowest BCUT2D eigenvalue weighted by molar-refractivity contribution is 0.781. The van der Waals surface area contributed by atoms with Crippen molar-refractivity contribution in [2.75, 3.05) is 0 Å². The number of hydrogen-bond acceptors (Lipinski definition) is 3. The van der Waals surface area contributed by atoms with E-state index in [1.165, 1.54) is 0 Å². The first-order valence-corrected chi connectivity index (χ1v) is 8.08. The lowest BCUT2D eigenvalue weighted by atomic mass is 10.0. The Labute approximate surface area is 149 Å². The molecule has 4 nitrogen and oxygen atoms in total. The van der Waals surface area contributed by atoms with E-state index < -0.39 is 0 Å². The van der Waals surface area contributed by atoms with Crippen LogP contribution in [0.5, 0.6) is 0 Å². The third-order valence-electron chi connectivity index (χ3n) is 3.69. The van der Waals surface area contributed by atoms with Crippen LogP contribution in [0.25, 0.3) is 5.82 Å². The van der Waals surface area contributed by atoms with Gasteiger partial charge in [-0.05, 0) is 43.7 Å². The topological polar surface area (TPSA) is 43.6 Å².